The first-order valence-corrected chi connectivity index (χ1v) is 8.09. The molecule has 1 heterocycles. The van der Waals surface area contributed by atoms with Gasteiger partial charge in [-0.25, -0.2) is 4.68 Å². The maximum atomic E-state index is 12.7. The Kier molecular flexibility index (Phi) is 5.62. The summed E-state index contributed by atoms with van der Waals surface area (Å²) in [6.07, 6.45) is -0.614. The Morgan fingerprint density at radius 2 is 1.83 bits per heavy atom. The maximum absolute atomic E-state index is 12.7. The van der Waals surface area contributed by atoms with E-state index in [1.807, 2.05) is 44.2 Å². The van der Waals surface area contributed by atoms with Gasteiger partial charge in [-0.1, -0.05) is 32.0 Å². The van der Waals surface area contributed by atoms with E-state index >= 15 is 0 Å². The van der Waals surface area contributed by atoms with E-state index in [1.165, 1.54) is 4.68 Å². The number of nitrogens with zero attached hydrogens (tertiary/aromatic N) is 2. The Morgan fingerprint density at radius 1 is 1.21 bits per heavy atom. The van der Waals surface area contributed by atoms with Crippen LogP contribution in [-0.4, -0.2) is 28.0 Å². The standard InChI is InChI=1S/C18H25N3O3/c1-12(2)11-24-14(4)17(22)19-16-13(3)20(5)21(18(16)23)15-9-7-6-8-10-15/h6-10,12,14H,11H2,1-5H3,(H,19,22). The summed E-state index contributed by atoms with van der Waals surface area (Å²) in [5.74, 6) is 0.0238. The highest BCUT2D eigenvalue weighted by molar-refractivity contribution is 5.94. The lowest BCUT2D eigenvalue weighted by atomic mass is 10.2. The third-order valence-electron chi connectivity index (χ3n) is 3.85. The molecule has 1 amide bonds. The van der Waals surface area contributed by atoms with Gasteiger partial charge in [0.15, 0.2) is 0 Å². The second-order valence-corrected chi connectivity index (χ2v) is 6.30. The number of nitrogens with one attached hydrogen (secondary N) is 1. The SMILES string of the molecule is Cc1c(NC(=O)C(C)OCC(C)C)c(=O)n(-c2ccccc2)n1C. The molecule has 0 radical (unpaired) electrons. The van der Waals surface area contributed by atoms with Gasteiger partial charge in [0.2, 0.25) is 0 Å². The third-order valence-corrected chi connectivity index (χ3v) is 3.85. The second kappa shape index (κ2) is 7.49. The third kappa shape index (κ3) is 3.76. The summed E-state index contributed by atoms with van der Waals surface area (Å²) in [5, 5.41) is 2.71. The van der Waals surface area contributed by atoms with Crippen LogP contribution in [0.4, 0.5) is 5.69 Å². The van der Waals surface area contributed by atoms with Crippen molar-refractivity contribution in [3.05, 3.63) is 46.4 Å². The van der Waals surface area contributed by atoms with E-state index in [4.69, 9.17) is 4.74 Å². The molecule has 0 saturated heterocycles. The zero-order valence-corrected chi connectivity index (χ0v) is 14.9. The number of carbonyl (C=O) groups is 1. The number of amides is 1. The van der Waals surface area contributed by atoms with E-state index < -0.39 is 6.10 Å². The van der Waals surface area contributed by atoms with Crippen molar-refractivity contribution in [1.82, 2.24) is 9.36 Å². The molecule has 0 saturated carbocycles. The van der Waals surface area contributed by atoms with E-state index in [0.717, 1.165) is 5.69 Å². The molecule has 0 aliphatic carbocycles. The molecule has 1 N–H and O–H groups in total. The second-order valence-electron chi connectivity index (χ2n) is 6.30. The Morgan fingerprint density at radius 3 is 2.42 bits per heavy atom. The van der Waals surface area contributed by atoms with Gasteiger partial charge in [-0.05, 0) is 31.9 Å². The quantitative estimate of drug-likeness (QED) is 0.884. The molecule has 1 unspecified atom stereocenters. The topological polar surface area (TPSA) is 65.3 Å². The molecule has 6 heteroatoms. The molecule has 130 valence electrons. The minimum absolute atomic E-state index is 0.259. The summed E-state index contributed by atoms with van der Waals surface area (Å²) in [4.78, 5) is 25.0. The fourth-order valence-corrected chi connectivity index (χ4v) is 2.35. The van der Waals surface area contributed by atoms with Crippen LogP contribution in [0.5, 0.6) is 0 Å². The van der Waals surface area contributed by atoms with E-state index in [2.05, 4.69) is 5.32 Å². The van der Waals surface area contributed by atoms with Gasteiger partial charge < -0.3 is 10.1 Å². The minimum atomic E-state index is -0.614. The van der Waals surface area contributed by atoms with Crippen molar-refractivity contribution in [2.75, 3.05) is 11.9 Å². The molecule has 2 rings (SSSR count). The van der Waals surface area contributed by atoms with Gasteiger partial charge in [-0.15, -0.1) is 0 Å². The van der Waals surface area contributed by atoms with Crippen LogP contribution in [-0.2, 0) is 16.6 Å². The number of para-hydroxylation sites is 1. The van der Waals surface area contributed by atoms with Crippen LogP contribution in [0.15, 0.2) is 35.1 Å². The molecular formula is C18H25N3O3. The fourth-order valence-electron chi connectivity index (χ4n) is 2.35. The van der Waals surface area contributed by atoms with Crippen molar-refractivity contribution in [3.8, 4) is 5.69 Å². The first-order valence-electron chi connectivity index (χ1n) is 8.09. The predicted molar refractivity (Wildman–Crippen MR) is 94.6 cm³/mol. The normalized spacial score (nSPS) is 12.4. The largest absolute Gasteiger partial charge is 0.368 e. The van der Waals surface area contributed by atoms with Gasteiger partial charge in [0.25, 0.3) is 11.5 Å². The number of ether oxygens (including phenoxy) is 1. The number of hydrogen-bond acceptors (Lipinski definition) is 3. The van der Waals surface area contributed by atoms with Gasteiger partial charge in [0, 0.05) is 13.7 Å². The Bertz CT molecular complexity index is 760. The van der Waals surface area contributed by atoms with Crippen LogP contribution >= 0.6 is 0 Å². The number of benzene rings is 1. The van der Waals surface area contributed by atoms with Crippen molar-refractivity contribution in [2.45, 2.75) is 33.8 Å². The number of hydrogen-bond donors (Lipinski definition) is 1. The monoisotopic (exact) mass is 331 g/mol. The van der Waals surface area contributed by atoms with Crippen LogP contribution in [0.1, 0.15) is 26.5 Å². The van der Waals surface area contributed by atoms with Gasteiger partial charge >= 0.3 is 0 Å². The molecule has 0 bridgehead atoms. The molecule has 0 aliphatic rings. The molecule has 1 aromatic heterocycles. The molecule has 0 spiro atoms. The summed E-state index contributed by atoms with van der Waals surface area (Å²) in [6.45, 7) is 8.02. The van der Waals surface area contributed by atoms with E-state index in [0.29, 0.717) is 18.2 Å². The Hall–Kier alpha value is -2.34. The predicted octanol–water partition coefficient (Wildman–Crippen LogP) is 2.48. The Labute approximate surface area is 142 Å². The van der Waals surface area contributed by atoms with Gasteiger partial charge in [0.05, 0.1) is 11.4 Å². The molecule has 2 aromatic rings. The number of rotatable bonds is 6. The lowest BCUT2D eigenvalue weighted by Crippen LogP contribution is -2.31. The van der Waals surface area contributed by atoms with Crippen LogP contribution in [0.3, 0.4) is 0 Å². The molecule has 0 fully saturated rings. The zero-order valence-electron chi connectivity index (χ0n) is 14.9. The van der Waals surface area contributed by atoms with Crippen molar-refractivity contribution < 1.29 is 9.53 Å². The molecular weight excluding hydrogens is 306 g/mol. The fraction of sp³-hybridized carbons (Fsp3) is 0.444. The smallest absolute Gasteiger partial charge is 0.295 e. The van der Waals surface area contributed by atoms with Crippen molar-refractivity contribution in [1.29, 1.82) is 0 Å². The number of aromatic nitrogens is 2. The van der Waals surface area contributed by atoms with Gasteiger partial charge in [-0.2, -0.15) is 0 Å². The average molecular weight is 331 g/mol. The molecule has 1 atom stereocenters. The lowest BCUT2D eigenvalue weighted by Gasteiger charge is -2.14. The number of anilines is 1. The van der Waals surface area contributed by atoms with Crippen LogP contribution < -0.4 is 10.9 Å². The number of carbonyl (C=O) groups excluding carboxylic acids is 1. The van der Waals surface area contributed by atoms with Crippen LogP contribution in [0, 0.1) is 12.8 Å². The van der Waals surface area contributed by atoms with Crippen molar-refractivity contribution in [3.63, 3.8) is 0 Å². The van der Waals surface area contributed by atoms with E-state index in [9.17, 15) is 9.59 Å². The van der Waals surface area contributed by atoms with E-state index in [1.54, 1.807) is 25.6 Å². The summed E-state index contributed by atoms with van der Waals surface area (Å²) in [6, 6.07) is 9.32. The summed E-state index contributed by atoms with van der Waals surface area (Å²) in [7, 11) is 1.79. The summed E-state index contributed by atoms with van der Waals surface area (Å²) < 4.78 is 8.77. The Balaban J connectivity index is 2.26. The highest BCUT2D eigenvalue weighted by Crippen LogP contribution is 2.14. The summed E-state index contributed by atoms with van der Waals surface area (Å²) >= 11 is 0. The van der Waals surface area contributed by atoms with Crippen LogP contribution in [0.25, 0.3) is 5.69 Å². The van der Waals surface area contributed by atoms with Gasteiger partial charge in [-0.3, -0.25) is 14.3 Å². The molecule has 0 aliphatic heterocycles. The average Bonchev–Trinajstić information content (AvgIpc) is 2.76. The summed E-state index contributed by atoms with van der Waals surface area (Å²) in [5.41, 5.74) is 1.46. The molecule has 24 heavy (non-hydrogen) atoms. The first kappa shape index (κ1) is 18.0. The highest BCUT2D eigenvalue weighted by Gasteiger charge is 2.21. The minimum Gasteiger partial charge on any atom is -0.368 e. The molecule has 1 aromatic carbocycles. The van der Waals surface area contributed by atoms with E-state index in [-0.39, 0.29) is 17.2 Å². The van der Waals surface area contributed by atoms with Crippen molar-refractivity contribution >= 4 is 11.6 Å². The van der Waals surface area contributed by atoms with Gasteiger partial charge in [0.1, 0.15) is 11.8 Å². The zero-order chi connectivity index (χ0) is 17.9. The molecule has 6 nitrogen and oxygen atoms in total. The highest BCUT2D eigenvalue weighted by atomic mass is 16.5. The van der Waals surface area contributed by atoms with Crippen molar-refractivity contribution in [2.24, 2.45) is 13.0 Å². The first-order chi connectivity index (χ1) is 11.3. The lowest BCUT2D eigenvalue weighted by molar-refractivity contribution is -0.126. The van der Waals surface area contributed by atoms with Crippen LogP contribution in [0.2, 0.25) is 0 Å². The maximum Gasteiger partial charge on any atom is 0.295 e.